The quantitative estimate of drug-likeness (QED) is 0.119. The summed E-state index contributed by atoms with van der Waals surface area (Å²) in [7, 11) is 0. The van der Waals surface area contributed by atoms with E-state index in [9.17, 15) is 0 Å². The number of rotatable bonds is 7. The zero-order valence-electron chi connectivity index (χ0n) is 31.4. The van der Waals surface area contributed by atoms with E-state index in [0.29, 0.717) is 11.5 Å². The van der Waals surface area contributed by atoms with Crippen molar-refractivity contribution in [3.8, 4) is 27.9 Å². The Morgan fingerprint density at radius 2 is 1.14 bits per heavy atom. The molecule has 0 atom stereocenters. The zero-order valence-corrected chi connectivity index (χ0v) is 31.4. The molecule has 0 radical (unpaired) electrons. The van der Waals surface area contributed by atoms with E-state index in [1.165, 1.54) is 16.3 Å². The van der Waals surface area contributed by atoms with E-state index < -0.39 is 0 Å². The van der Waals surface area contributed by atoms with E-state index in [2.05, 4.69) is 145 Å². The Morgan fingerprint density at radius 3 is 1.89 bits per heavy atom. The maximum atomic E-state index is 6.88. The molecule has 0 saturated carbocycles. The SMILES string of the molecule is C=C(N=C(N=C(C)c1ccccc1)c1ccccc1)c1cccc2oc3c(-c4ccc5c(c4)c4ccccc4n5-c4ccccc4)cc(-c4ccccc4)cc3c12. The topological polar surface area (TPSA) is 42.8 Å². The van der Waals surface area contributed by atoms with Gasteiger partial charge in [0.1, 0.15) is 11.2 Å². The van der Waals surface area contributed by atoms with Gasteiger partial charge in [-0.15, -0.1) is 0 Å². The molecule has 0 saturated heterocycles. The predicted molar refractivity (Wildman–Crippen MR) is 240 cm³/mol. The van der Waals surface area contributed by atoms with Gasteiger partial charge in [-0.3, -0.25) is 0 Å². The Kier molecular flexibility index (Phi) is 8.50. The fraction of sp³-hybridized carbons (Fsp3) is 0.0189. The molecule has 0 aliphatic heterocycles. The number of hydrogen-bond acceptors (Lipinski definition) is 2. The maximum Gasteiger partial charge on any atom is 0.160 e. The summed E-state index contributed by atoms with van der Waals surface area (Å²) in [5.74, 6) is 0.598. The molecule has 2 aromatic heterocycles. The summed E-state index contributed by atoms with van der Waals surface area (Å²) in [6.45, 7) is 6.58. The second-order valence-electron chi connectivity index (χ2n) is 14.3. The zero-order chi connectivity index (χ0) is 38.3. The number of aliphatic imine (C=N–C) groups is 2. The number of aromatic nitrogens is 1. The summed E-state index contributed by atoms with van der Waals surface area (Å²) in [4.78, 5) is 10.2. The summed E-state index contributed by atoms with van der Waals surface area (Å²) in [5, 5.41) is 4.36. The van der Waals surface area contributed by atoms with Gasteiger partial charge in [-0.25, -0.2) is 9.98 Å². The van der Waals surface area contributed by atoms with Crippen LogP contribution in [0.3, 0.4) is 0 Å². The summed E-state index contributed by atoms with van der Waals surface area (Å²) in [5.41, 5.74) is 13.7. The average Bonchev–Trinajstić information content (AvgIpc) is 3.82. The van der Waals surface area contributed by atoms with Crippen molar-refractivity contribution < 1.29 is 4.42 Å². The van der Waals surface area contributed by atoms with Crippen LogP contribution >= 0.6 is 0 Å². The molecule has 10 aromatic rings. The van der Waals surface area contributed by atoms with Gasteiger partial charge in [-0.2, -0.15) is 0 Å². The van der Waals surface area contributed by atoms with Gasteiger partial charge in [0.2, 0.25) is 0 Å². The monoisotopic (exact) mass is 731 g/mol. The second kappa shape index (κ2) is 14.3. The summed E-state index contributed by atoms with van der Waals surface area (Å²) >= 11 is 0. The Hall–Kier alpha value is -7.56. The van der Waals surface area contributed by atoms with Crippen molar-refractivity contribution in [2.45, 2.75) is 6.92 Å². The van der Waals surface area contributed by atoms with Gasteiger partial charge in [-0.1, -0.05) is 152 Å². The number of para-hydroxylation sites is 2. The Bertz CT molecular complexity index is 3170. The lowest BCUT2D eigenvalue weighted by Crippen LogP contribution is -2.04. The van der Waals surface area contributed by atoms with Crippen LogP contribution in [0, 0.1) is 0 Å². The summed E-state index contributed by atoms with van der Waals surface area (Å²) in [6.07, 6.45) is 0. The van der Waals surface area contributed by atoms with Gasteiger partial charge < -0.3 is 8.98 Å². The third-order valence-electron chi connectivity index (χ3n) is 10.8. The van der Waals surface area contributed by atoms with Gasteiger partial charge in [-0.05, 0) is 77.7 Å². The molecule has 0 aliphatic rings. The fourth-order valence-electron chi connectivity index (χ4n) is 8.01. The normalized spacial score (nSPS) is 12.2. The van der Waals surface area contributed by atoms with E-state index in [1.54, 1.807) is 0 Å². The first-order chi connectivity index (χ1) is 28.1. The highest BCUT2D eigenvalue weighted by Gasteiger charge is 2.20. The molecular formula is C53H37N3O. The lowest BCUT2D eigenvalue weighted by atomic mass is 9.94. The number of fused-ring (bicyclic) bond motifs is 6. The molecule has 4 nitrogen and oxygen atoms in total. The largest absolute Gasteiger partial charge is 0.455 e. The lowest BCUT2D eigenvalue weighted by molar-refractivity contribution is 0.670. The van der Waals surface area contributed by atoms with Gasteiger partial charge in [0.15, 0.2) is 5.84 Å². The summed E-state index contributed by atoms with van der Waals surface area (Å²) in [6, 6.07) is 67.5. The number of nitrogens with zero attached hydrogens (tertiary/aromatic N) is 3. The van der Waals surface area contributed by atoms with E-state index >= 15 is 0 Å². The fourth-order valence-corrected chi connectivity index (χ4v) is 8.01. The molecule has 0 unspecified atom stereocenters. The number of benzene rings is 8. The van der Waals surface area contributed by atoms with Crippen molar-refractivity contribution in [2.24, 2.45) is 9.98 Å². The van der Waals surface area contributed by atoms with Crippen LogP contribution in [0.4, 0.5) is 0 Å². The Labute approximate surface area is 331 Å². The number of furan rings is 1. The standard InChI is InChI=1S/C53H37N3O/c1-35(37-18-7-3-8-19-37)54-53(39-22-11-5-12-23-39)55-36(2)43-27-17-29-50-51(43)47-34-41(38-20-9-4-10-21-38)33-45(52(47)57-50)40-30-31-49-46(32-40)44-26-15-16-28-48(44)56(49)42-24-13-6-14-25-42/h3-34H,2H2,1H3. The molecule has 10 rings (SSSR count). The van der Waals surface area contributed by atoms with Crippen LogP contribution in [0.2, 0.25) is 0 Å². The van der Waals surface area contributed by atoms with Crippen molar-refractivity contribution in [3.05, 3.63) is 217 Å². The lowest BCUT2D eigenvalue weighted by Gasteiger charge is -2.10. The minimum absolute atomic E-state index is 0.598. The Morgan fingerprint density at radius 1 is 0.509 bits per heavy atom. The molecule has 0 N–H and O–H groups in total. The second-order valence-corrected chi connectivity index (χ2v) is 14.3. The van der Waals surface area contributed by atoms with Gasteiger partial charge in [0.05, 0.1) is 16.7 Å². The molecule has 0 amide bonds. The predicted octanol–water partition coefficient (Wildman–Crippen LogP) is 13.9. The molecule has 270 valence electrons. The highest BCUT2D eigenvalue weighted by atomic mass is 16.3. The molecule has 2 heterocycles. The van der Waals surface area contributed by atoms with Crippen molar-refractivity contribution in [1.29, 1.82) is 0 Å². The van der Waals surface area contributed by atoms with Crippen molar-refractivity contribution >= 4 is 61.0 Å². The van der Waals surface area contributed by atoms with Crippen LogP contribution in [0.5, 0.6) is 0 Å². The summed E-state index contributed by atoms with van der Waals surface area (Å²) < 4.78 is 9.23. The molecule has 0 spiro atoms. The first-order valence-electron chi connectivity index (χ1n) is 19.2. The third kappa shape index (κ3) is 6.14. The minimum atomic E-state index is 0.598. The van der Waals surface area contributed by atoms with Crippen LogP contribution in [0.25, 0.3) is 77.4 Å². The van der Waals surface area contributed by atoms with Crippen molar-refractivity contribution in [2.75, 3.05) is 0 Å². The molecule has 8 aromatic carbocycles. The molecule has 0 aliphatic carbocycles. The van der Waals surface area contributed by atoms with Crippen LogP contribution in [0.1, 0.15) is 23.6 Å². The minimum Gasteiger partial charge on any atom is -0.455 e. The van der Waals surface area contributed by atoms with E-state index in [4.69, 9.17) is 14.4 Å². The van der Waals surface area contributed by atoms with Crippen LogP contribution in [-0.4, -0.2) is 16.1 Å². The molecule has 57 heavy (non-hydrogen) atoms. The average molecular weight is 732 g/mol. The molecule has 0 bridgehead atoms. The van der Waals surface area contributed by atoms with Gasteiger partial charge >= 0.3 is 0 Å². The van der Waals surface area contributed by atoms with Gasteiger partial charge in [0.25, 0.3) is 0 Å². The van der Waals surface area contributed by atoms with Crippen LogP contribution < -0.4 is 0 Å². The number of amidine groups is 1. The first kappa shape index (κ1) is 34.0. The van der Waals surface area contributed by atoms with E-state index in [1.807, 2.05) is 67.6 Å². The smallest absolute Gasteiger partial charge is 0.160 e. The third-order valence-corrected chi connectivity index (χ3v) is 10.8. The van der Waals surface area contributed by atoms with Gasteiger partial charge in [0, 0.05) is 49.6 Å². The Balaban J connectivity index is 1.18. The highest BCUT2D eigenvalue weighted by molar-refractivity contribution is 6.18. The molecule has 0 fully saturated rings. The first-order valence-corrected chi connectivity index (χ1v) is 19.2. The highest BCUT2D eigenvalue weighted by Crippen LogP contribution is 2.43. The number of hydrogen-bond donors (Lipinski definition) is 0. The maximum absolute atomic E-state index is 6.88. The molecular weight excluding hydrogens is 695 g/mol. The van der Waals surface area contributed by atoms with Crippen LogP contribution in [-0.2, 0) is 0 Å². The van der Waals surface area contributed by atoms with E-state index in [-0.39, 0.29) is 0 Å². The van der Waals surface area contributed by atoms with E-state index in [0.717, 1.165) is 77.8 Å². The van der Waals surface area contributed by atoms with Crippen molar-refractivity contribution in [3.63, 3.8) is 0 Å². The molecule has 4 heteroatoms. The van der Waals surface area contributed by atoms with Crippen LogP contribution in [0.15, 0.2) is 215 Å². The van der Waals surface area contributed by atoms with Crippen molar-refractivity contribution in [1.82, 2.24) is 4.57 Å².